The smallest absolute Gasteiger partial charge is 0.202 e. The van der Waals surface area contributed by atoms with E-state index < -0.39 is 0 Å². The molecule has 10 heavy (non-hydrogen) atoms. The van der Waals surface area contributed by atoms with E-state index in [4.69, 9.17) is 12.2 Å². The number of aryl methyl sites for hydroxylation is 1. The molecule has 0 aliphatic carbocycles. The van der Waals surface area contributed by atoms with Crippen LogP contribution in [0.15, 0.2) is 11.5 Å². The van der Waals surface area contributed by atoms with Crippen molar-refractivity contribution < 1.29 is 0 Å². The number of hydrogen-bond donors (Lipinski definition) is 0. The molecular formula is C5H7N3S2. The molecule has 0 aliphatic heterocycles. The molecule has 0 radical (unpaired) electrons. The standard InChI is InChI=1S/C5H7N3S2/c1-8-3-6-4(10-2)7-5(8)9/h3H,1-2H3. The predicted molar refractivity (Wildman–Crippen MR) is 43.6 cm³/mol. The van der Waals surface area contributed by atoms with Crippen LogP contribution in [0.5, 0.6) is 0 Å². The van der Waals surface area contributed by atoms with Crippen molar-refractivity contribution in [2.24, 2.45) is 7.05 Å². The van der Waals surface area contributed by atoms with E-state index in [9.17, 15) is 0 Å². The minimum Gasteiger partial charge on any atom is -0.311 e. The molecular weight excluding hydrogens is 166 g/mol. The zero-order valence-electron chi connectivity index (χ0n) is 5.74. The average molecular weight is 173 g/mol. The van der Waals surface area contributed by atoms with Crippen LogP contribution in [0.4, 0.5) is 0 Å². The molecule has 0 bridgehead atoms. The summed E-state index contributed by atoms with van der Waals surface area (Å²) in [5.41, 5.74) is 0. The molecule has 0 atom stereocenters. The first kappa shape index (κ1) is 7.68. The Morgan fingerprint density at radius 3 is 2.90 bits per heavy atom. The van der Waals surface area contributed by atoms with E-state index >= 15 is 0 Å². The molecule has 0 fully saturated rings. The molecule has 54 valence electrons. The number of aromatic nitrogens is 3. The maximum Gasteiger partial charge on any atom is 0.202 e. The third-order valence-electron chi connectivity index (χ3n) is 1.02. The third-order valence-corrected chi connectivity index (χ3v) is 1.96. The summed E-state index contributed by atoms with van der Waals surface area (Å²) in [5, 5.41) is 0.725. The van der Waals surface area contributed by atoms with Gasteiger partial charge in [0.1, 0.15) is 0 Å². The second-order valence-electron chi connectivity index (χ2n) is 1.74. The lowest BCUT2D eigenvalue weighted by atomic mass is 11.0. The second-order valence-corrected chi connectivity index (χ2v) is 2.88. The van der Waals surface area contributed by atoms with Crippen molar-refractivity contribution in [1.82, 2.24) is 14.5 Å². The monoisotopic (exact) mass is 173 g/mol. The highest BCUT2D eigenvalue weighted by atomic mass is 32.2. The van der Waals surface area contributed by atoms with E-state index in [2.05, 4.69) is 9.97 Å². The van der Waals surface area contributed by atoms with Crippen LogP contribution in [-0.2, 0) is 7.05 Å². The Morgan fingerprint density at radius 2 is 2.40 bits per heavy atom. The Morgan fingerprint density at radius 1 is 1.70 bits per heavy atom. The van der Waals surface area contributed by atoms with Gasteiger partial charge in [-0.3, -0.25) is 0 Å². The Hall–Kier alpha value is -0.420. The molecule has 5 heteroatoms. The van der Waals surface area contributed by atoms with Crippen LogP contribution >= 0.6 is 24.0 Å². The zero-order chi connectivity index (χ0) is 7.56. The van der Waals surface area contributed by atoms with Crippen LogP contribution in [0.1, 0.15) is 0 Å². The summed E-state index contributed by atoms with van der Waals surface area (Å²) < 4.78 is 2.27. The quantitative estimate of drug-likeness (QED) is 0.472. The van der Waals surface area contributed by atoms with Crippen molar-refractivity contribution in [3.05, 3.63) is 11.1 Å². The molecule has 0 N–H and O–H groups in total. The molecule has 3 nitrogen and oxygen atoms in total. The summed E-state index contributed by atoms with van der Waals surface area (Å²) in [6, 6.07) is 0. The van der Waals surface area contributed by atoms with Gasteiger partial charge >= 0.3 is 0 Å². The average Bonchev–Trinajstić information content (AvgIpc) is 1.95. The highest BCUT2D eigenvalue weighted by Crippen LogP contribution is 2.04. The fourth-order valence-corrected chi connectivity index (χ4v) is 0.995. The highest BCUT2D eigenvalue weighted by molar-refractivity contribution is 7.98. The normalized spacial score (nSPS) is 9.80. The van der Waals surface area contributed by atoms with Crippen molar-refractivity contribution in [3.8, 4) is 0 Å². The number of hydrogen-bond acceptors (Lipinski definition) is 4. The maximum absolute atomic E-state index is 4.91. The lowest BCUT2D eigenvalue weighted by Crippen LogP contribution is -1.97. The Bertz CT molecular complexity index is 280. The van der Waals surface area contributed by atoms with Gasteiger partial charge in [0, 0.05) is 7.05 Å². The van der Waals surface area contributed by atoms with Crippen LogP contribution < -0.4 is 0 Å². The molecule has 0 aromatic carbocycles. The Balaban J connectivity index is 3.17. The fraction of sp³-hybridized carbons (Fsp3) is 0.400. The summed E-state index contributed by atoms with van der Waals surface area (Å²) in [6.07, 6.45) is 3.59. The van der Waals surface area contributed by atoms with Gasteiger partial charge in [-0.15, -0.1) is 0 Å². The topological polar surface area (TPSA) is 30.7 Å². The minimum atomic E-state index is 0.569. The van der Waals surface area contributed by atoms with Gasteiger partial charge in [-0.2, -0.15) is 4.98 Å². The van der Waals surface area contributed by atoms with Gasteiger partial charge in [0.25, 0.3) is 0 Å². The van der Waals surface area contributed by atoms with Crippen LogP contribution in [0.25, 0.3) is 0 Å². The summed E-state index contributed by atoms with van der Waals surface area (Å²) in [7, 11) is 1.83. The first-order chi connectivity index (χ1) is 4.74. The van der Waals surface area contributed by atoms with Crippen molar-refractivity contribution in [2.75, 3.05) is 6.26 Å². The van der Waals surface area contributed by atoms with Crippen LogP contribution in [-0.4, -0.2) is 20.8 Å². The van der Waals surface area contributed by atoms with Gasteiger partial charge in [-0.25, -0.2) is 4.98 Å². The van der Waals surface area contributed by atoms with Gasteiger partial charge in [-0.05, 0) is 18.5 Å². The first-order valence-electron chi connectivity index (χ1n) is 2.67. The molecule has 1 rings (SSSR count). The molecule has 0 spiro atoms. The van der Waals surface area contributed by atoms with E-state index in [1.807, 2.05) is 13.3 Å². The van der Waals surface area contributed by atoms with E-state index in [0.29, 0.717) is 4.77 Å². The largest absolute Gasteiger partial charge is 0.311 e. The highest BCUT2D eigenvalue weighted by Gasteiger charge is 1.91. The number of nitrogens with zero attached hydrogens (tertiary/aromatic N) is 3. The second kappa shape index (κ2) is 3.12. The molecule has 0 saturated carbocycles. The molecule has 1 aromatic rings. The maximum atomic E-state index is 4.91. The summed E-state index contributed by atoms with van der Waals surface area (Å²) in [5.74, 6) is 0. The lowest BCUT2D eigenvalue weighted by Gasteiger charge is -1.96. The van der Waals surface area contributed by atoms with E-state index in [1.165, 1.54) is 11.8 Å². The van der Waals surface area contributed by atoms with Crippen molar-refractivity contribution >= 4 is 24.0 Å². The molecule has 0 saturated heterocycles. The first-order valence-corrected chi connectivity index (χ1v) is 4.31. The van der Waals surface area contributed by atoms with E-state index in [1.54, 1.807) is 10.9 Å². The minimum absolute atomic E-state index is 0.569. The van der Waals surface area contributed by atoms with E-state index in [-0.39, 0.29) is 0 Å². The van der Waals surface area contributed by atoms with E-state index in [0.717, 1.165) is 5.16 Å². The van der Waals surface area contributed by atoms with Crippen LogP contribution in [0.2, 0.25) is 0 Å². The van der Waals surface area contributed by atoms with Gasteiger partial charge < -0.3 is 4.57 Å². The summed E-state index contributed by atoms with van der Waals surface area (Å²) in [4.78, 5) is 8.03. The van der Waals surface area contributed by atoms with Crippen molar-refractivity contribution in [3.63, 3.8) is 0 Å². The number of rotatable bonds is 1. The van der Waals surface area contributed by atoms with Crippen LogP contribution in [0.3, 0.4) is 0 Å². The third kappa shape index (κ3) is 1.54. The van der Waals surface area contributed by atoms with Gasteiger partial charge in [0.15, 0.2) is 5.16 Å². The van der Waals surface area contributed by atoms with Crippen LogP contribution in [0, 0.1) is 4.77 Å². The molecule has 0 unspecified atom stereocenters. The molecule has 0 amide bonds. The van der Waals surface area contributed by atoms with Crippen molar-refractivity contribution in [1.29, 1.82) is 0 Å². The summed E-state index contributed by atoms with van der Waals surface area (Å²) >= 11 is 6.40. The van der Waals surface area contributed by atoms with Crippen molar-refractivity contribution in [2.45, 2.75) is 5.16 Å². The SMILES string of the molecule is CSc1ncn(C)c(=S)n1. The molecule has 1 aromatic heterocycles. The van der Waals surface area contributed by atoms with Gasteiger partial charge in [0.05, 0.1) is 6.33 Å². The summed E-state index contributed by atoms with van der Waals surface area (Å²) in [6.45, 7) is 0. The molecule has 0 aliphatic rings. The Kier molecular flexibility index (Phi) is 2.39. The van der Waals surface area contributed by atoms with Gasteiger partial charge in [-0.1, -0.05) is 11.8 Å². The Labute approximate surface area is 68.5 Å². The number of thioether (sulfide) groups is 1. The predicted octanol–water partition coefficient (Wildman–Crippen LogP) is 1.27. The zero-order valence-corrected chi connectivity index (χ0v) is 7.37. The van der Waals surface area contributed by atoms with Gasteiger partial charge in [0.2, 0.25) is 4.77 Å². The fourth-order valence-electron chi connectivity index (χ4n) is 0.473. The molecule has 1 heterocycles. The lowest BCUT2D eigenvalue weighted by molar-refractivity contribution is 0.748.